The Balaban J connectivity index is 1.42. The summed E-state index contributed by atoms with van der Waals surface area (Å²) >= 11 is 0. The van der Waals surface area contributed by atoms with Crippen molar-refractivity contribution < 1.29 is 18.5 Å². The van der Waals surface area contributed by atoms with Crippen LogP contribution in [0, 0.1) is 15.9 Å². The molecule has 0 aliphatic heterocycles. The average Bonchev–Trinajstić information content (AvgIpc) is 3.19. The number of nitro groups is 1. The van der Waals surface area contributed by atoms with E-state index in [9.17, 15) is 19.3 Å². The van der Waals surface area contributed by atoms with Crippen molar-refractivity contribution >= 4 is 17.3 Å². The Labute approximate surface area is 165 Å². The van der Waals surface area contributed by atoms with E-state index in [4.69, 9.17) is 4.42 Å². The SMILES string of the molecule is O=C(CCc1ncc(-c2ccccc2F)o1)NCCNc1ccccc1[N+](=O)[O-]. The molecule has 0 bridgehead atoms. The third-order valence-corrected chi connectivity index (χ3v) is 4.12. The first-order valence-corrected chi connectivity index (χ1v) is 8.98. The summed E-state index contributed by atoms with van der Waals surface area (Å²) in [5.41, 5.74) is 0.692. The Hall–Kier alpha value is -3.75. The first-order valence-electron chi connectivity index (χ1n) is 8.98. The standard InChI is InChI=1S/C20H19FN4O4/c21-15-6-2-1-5-14(15)18-13-24-20(29-18)10-9-19(26)23-12-11-22-16-7-3-4-8-17(16)25(27)28/h1-8,13,22H,9-12H2,(H,23,26). The molecule has 0 fully saturated rings. The molecule has 29 heavy (non-hydrogen) atoms. The Morgan fingerprint density at radius 3 is 2.69 bits per heavy atom. The van der Waals surface area contributed by atoms with Gasteiger partial charge in [-0.1, -0.05) is 24.3 Å². The summed E-state index contributed by atoms with van der Waals surface area (Å²) in [6.07, 6.45) is 1.86. The monoisotopic (exact) mass is 398 g/mol. The van der Waals surface area contributed by atoms with Gasteiger partial charge >= 0.3 is 0 Å². The van der Waals surface area contributed by atoms with Crippen molar-refractivity contribution in [3.63, 3.8) is 0 Å². The minimum Gasteiger partial charge on any atom is -0.441 e. The van der Waals surface area contributed by atoms with Crippen molar-refractivity contribution in [3.05, 3.63) is 76.6 Å². The van der Waals surface area contributed by atoms with Crippen molar-refractivity contribution in [1.82, 2.24) is 10.3 Å². The number of nitrogens with zero attached hydrogens (tertiary/aromatic N) is 2. The summed E-state index contributed by atoms with van der Waals surface area (Å²) < 4.78 is 19.3. The van der Waals surface area contributed by atoms with Crippen LogP contribution in [-0.4, -0.2) is 28.9 Å². The van der Waals surface area contributed by atoms with Gasteiger partial charge in [-0.2, -0.15) is 0 Å². The molecule has 0 radical (unpaired) electrons. The van der Waals surface area contributed by atoms with Crippen LogP contribution in [0.2, 0.25) is 0 Å². The van der Waals surface area contributed by atoms with Gasteiger partial charge in [-0.15, -0.1) is 0 Å². The smallest absolute Gasteiger partial charge is 0.292 e. The molecule has 1 aromatic heterocycles. The topological polar surface area (TPSA) is 110 Å². The van der Waals surface area contributed by atoms with E-state index < -0.39 is 10.7 Å². The van der Waals surface area contributed by atoms with E-state index in [2.05, 4.69) is 15.6 Å². The van der Waals surface area contributed by atoms with Crippen LogP contribution < -0.4 is 10.6 Å². The highest BCUT2D eigenvalue weighted by atomic mass is 19.1. The predicted molar refractivity (Wildman–Crippen MR) is 105 cm³/mol. The number of carbonyl (C=O) groups is 1. The second-order valence-electron chi connectivity index (χ2n) is 6.15. The first-order chi connectivity index (χ1) is 14.0. The molecular weight excluding hydrogens is 379 g/mol. The Bertz CT molecular complexity index is 1010. The highest BCUT2D eigenvalue weighted by molar-refractivity contribution is 5.76. The predicted octanol–water partition coefficient (Wildman–Crippen LogP) is 3.55. The molecule has 0 aliphatic carbocycles. The van der Waals surface area contributed by atoms with Crippen LogP contribution in [0.1, 0.15) is 12.3 Å². The number of anilines is 1. The molecule has 9 heteroatoms. The first kappa shape index (κ1) is 20.0. The van der Waals surface area contributed by atoms with Gasteiger partial charge in [-0.05, 0) is 18.2 Å². The number of rotatable bonds is 9. The summed E-state index contributed by atoms with van der Waals surface area (Å²) in [6, 6.07) is 12.5. The molecule has 2 aromatic carbocycles. The van der Waals surface area contributed by atoms with E-state index in [1.807, 2.05) is 0 Å². The van der Waals surface area contributed by atoms with Gasteiger partial charge < -0.3 is 15.1 Å². The highest BCUT2D eigenvalue weighted by Gasteiger charge is 2.13. The number of hydrogen-bond acceptors (Lipinski definition) is 6. The summed E-state index contributed by atoms with van der Waals surface area (Å²) in [6.45, 7) is 0.643. The Kier molecular flexibility index (Phi) is 6.51. The fourth-order valence-electron chi connectivity index (χ4n) is 2.70. The fourth-order valence-corrected chi connectivity index (χ4v) is 2.70. The third-order valence-electron chi connectivity index (χ3n) is 4.12. The lowest BCUT2D eigenvalue weighted by Gasteiger charge is -2.08. The molecule has 0 unspecified atom stereocenters. The van der Waals surface area contributed by atoms with E-state index in [0.29, 0.717) is 36.0 Å². The second kappa shape index (κ2) is 9.45. The van der Waals surface area contributed by atoms with Gasteiger partial charge in [0.25, 0.3) is 5.69 Å². The van der Waals surface area contributed by atoms with Gasteiger partial charge in [-0.3, -0.25) is 14.9 Å². The lowest BCUT2D eigenvalue weighted by molar-refractivity contribution is -0.384. The number of aryl methyl sites for hydroxylation is 1. The number of carbonyl (C=O) groups excluding carboxylic acids is 1. The number of benzene rings is 2. The van der Waals surface area contributed by atoms with Gasteiger partial charge in [-0.25, -0.2) is 9.37 Å². The lowest BCUT2D eigenvalue weighted by atomic mass is 10.2. The molecule has 0 saturated carbocycles. The van der Waals surface area contributed by atoms with Gasteiger partial charge in [0.2, 0.25) is 5.91 Å². The number of oxazole rings is 1. The number of amides is 1. The minimum absolute atomic E-state index is 0.0200. The van der Waals surface area contributed by atoms with Gasteiger partial charge in [0.05, 0.1) is 16.7 Å². The van der Waals surface area contributed by atoms with E-state index in [1.165, 1.54) is 18.3 Å². The van der Waals surface area contributed by atoms with Crippen molar-refractivity contribution in [3.8, 4) is 11.3 Å². The second-order valence-corrected chi connectivity index (χ2v) is 6.15. The van der Waals surface area contributed by atoms with Crippen molar-refractivity contribution in [2.75, 3.05) is 18.4 Å². The Morgan fingerprint density at radius 1 is 1.14 bits per heavy atom. The molecule has 0 atom stereocenters. The minimum atomic E-state index is -0.465. The van der Waals surface area contributed by atoms with E-state index in [0.717, 1.165) is 0 Å². The van der Waals surface area contributed by atoms with E-state index in [-0.39, 0.29) is 24.4 Å². The molecule has 1 heterocycles. The molecule has 0 spiro atoms. The van der Waals surface area contributed by atoms with Crippen LogP contribution in [0.5, 0.6) is 0 Å². The number of nitrogens with one attached hydrogen (secondary N) is 2. The quantitative estimate of drug-likeness (QED) is 0.324. The zero-order valence-electron chi connectivity index (χ0n) is 15.4. The third kappa shape index (κ3) is 5.38. The maximum Gasteiger partial charge on any atom is 0.292 e. The molecular formula is C20H19FN4O4. The molecule has 150 valence electrons. The average molecular weight is 398 g/mol. The normalized spacial score (nSPS) is 10.5. The van der Waals surface area contributed by atoms with Crippen molar-refractivity contribution in [1.29, 1.82) is 0 Å². The zero-order valence-corrected chi connectivity index (χ0v) is 15.4. The van der Waals surface area contributed by atoms with E-state index in [1.54, 1.807) is 36.4 Å². The van der Waals surface area contributed by atoms with Crippen molar-refractivity contribution in [2.24, 2.45) is 0 Å². The van der Waals surface area contributed by atoms with Crippen LogP contribution in [-0.2, 0) is 11.2 Å². The molecule has 0 aliphatic rings. The van der Waals surface area contributed by atoms with Crippen molar-refractivity contribution in [2.45, 2.75) is 12.8 Å². The number of hydrogen-bond donors (Lipinski definition) is 2. The molecule has 3 aromatic rings. The lowest BCUT2D eigenvalue weighted by Crippen LogP contribution is -2.29. The molecule has 1 amide bonds. The fraction of sp³-hybridized carbons (Fsp3) is 0.200. The van der Waals surface area contributed by atoms with E-state index >= 15 is 0 Å². The summed E-state index contributed by atoms with van der Waals surface area (Å²) in [7, 11) is 0. The maximum absolute atomic E-state index is 13.8. The number of aromatic nitrogens is 1. The number of para-hydroxylation sites is 2. The number of nitro benzene ring substituents is 1. The molecule has 8 nitrogen and oxygen atoms in total. The van der Waals surface area contributed by atoms with Gasteiger partial charge in [0.1, 0.15) is 11.5 Å². The maximum atomic E-state index is 13.8. The molecule has 3 rings (SSSR count). The van der Waals surface area contributed by atoms with Crippen LogP contribution in [0.3, 0.4) is 0 Å². The highest BCUT2D eigenvalue weighted by Crippen LogP contribution is 2.24. The van der Waals surface area contributed by atoms with Crippen LogP contribution in [0.4, 0.5) is 15.8 Å². The summed E-state index contributed by atoms with van der Waals surface area (Å²) in [5, 5.41) is 16.6. The van der Waals surface area contributed by atoms with Gasteiger partial charge in [0, 0.05) is 32.0 Å². The Morgan fingerprint density at radius 2 is 1.90 bits per heavy atom. The van der Waals surface area contributed by atoms with Gasteiger partial charge in [0.15, 0.2) is 11.7 Å². The summed E-state index contributed by atoms with van der Waals surface area (Å²) in [5.74, 6) is 0.0442. The summed E-state index contributed by atoms with van der Waals surface area (Å²) in [4.78, 5) is 26.5. The van der Waals surface area contributed by atoms with Crippen LogP contribution in [0.25, 0.3) is 11.3 Å². The van der Waals surface area contributed by atoms with Crippen LogP contribution >= 0.6 is 0 Å². The molecule has 2 N–H and O–H groups in total. The molecule has 0 saturated heterocycles. The largest absolute Gasteiger partial charge is 0.441 e. The zero-order chi connectivity index (χ0) is 20.6. The van der Waals surface area contributed by atoms with Crippen LogP contribution in [0.15, 0.2) is 59.1 Å². The number of halogens is 1.